The molecule has 1 aliphatic rings. The topological polar surface area (TPSA) is 73.6 Å². The summed E-state index contributed by atoms with van der Waals surface area (Å²) in [5, 5.41) is 2.96. The Morgan fingerprint density at radius 1 is 1.27 bits per heavy atom. The smallest absolute Gasteiger partial charge is 0.240 e. The normalized spacial score (nSPS) is 16.9. The van der Waals surface area contributed by atoms with Crippen molar-refractivity contribution in [2.45, 2.75) is 51.1 Å². The van der Waals surface area contributed by atoms with Crippen molar-refractivity contribution in [3.63, 3.8) is 0 Å². The number of ether oxygens (including phenoxy) is 2. The number of rotatable bonds is 6. The molecule has 1 saturated carbocycles. The Labute approximate surface area is 132 Å². The van der Waals surface area contributed by atoms with E-state index in [1.54, 1.807) is 7.11 Å². The van der Waals surface area contributed by atoms with Gasteiger partial charge in [-0.3, -0.25) is 4.79 Å². The SMILES string of the molecule is CCOc1cc(CNC(=O)C2(N)CCCCC2)ccc1OC. The van der Waals surface area contributed by atoms with Crippen LogP contribution in [0.3, 0.4) is 0 Å². The van der Waals surface area contributed by atoms with Gasteiger partial charge in [-0.05, 0) is 37.5 Å². The molecule has 0 atom stereocenters. The van der Waals surface area contributed by atoms with Gasteiger partial charge in [0.05, 0.1) is 19.3 Å². The van der Waals surface area contributed by atoms with E-state index in [0.29, 0.717) is 24.7 Å². The summed E-state index contributed by atoms with van der Waals surface area (Å²) in [6, 6.07) is 5.67. The molecule has 3 N–H and O–H groups in total. The fourth-order valence-corrected chi connectivity index (χ4v) is 2.87. The maximum absolute atomic E-state index is 12.3. The predicted octanol–water partition coefficient (Wildman–Crippen LogP) is 2.37. The van der Waals surface area contributed by atoms with Gasteiger partial charge in [0.2, 0.25) is 5.91 Å². The summed E-state index contributed by atoms with van der Waals surface area (Å²) in [4.78, 5) is 12.3. The molecule has 0 saturated heterocycles. The number of carbonyl (C=O) groups is 1. The molecule has 0 spiro atoms. The van der Waals surface area contributed by atoms with Crippen LogP contribution in [-0.2, 0) is 11.3 Å². The van der Waals surface area contributed by atoms with Gasteiger partial charge < -0.3 is 20.5 Å². The van der Waals surface area contributed by atoms with Gasteiger partial charge in [0, 0.05) is 6.54 Å². The van der Waals surface area contributed by atoms with Crippen molar-refractivity contribution in [2.75, 3.05) is 13.7 Å². The Balaban J connectivity index is 1.98. The second-order valence-corrected chi connectivity index (χ2v) is 5.82. The fraction of sp³-hybridized carbons (Fsp3) is 0.588. The molecule has 1 amide bonds. The Morgan fingerprint density at radius 3 is 2.64 bits per heavy atom. The largest absolute Gasteiger partial charge is 0.493 e. The minimum absolute atomic E-state index is 0.0547. The minimum Gasteiger partial charge on any atom is -0.493 e. The summed E-state index contributed by atoms with van der Waals surface area (Å²) in [7, 11) is 1.61. The second kappa shape index (κ2) is 7.49. The van der Waals surface area contributed by atoms with Crippen LogP contribution in [0.4, 0.5) is 0 Å². The number of hydrogen-bond acceptors (Lipinski definition) is 4. The molecule has 0 heterocycles. The molecule has 22 heavy (non-hydrogen) atoms. The predicted molar refractivity (Wildman–Crippen MR) is 86.0 cm³/mol. The summed E-state index contributed by atoms with van der Waals surface area (Å²) < 4.78 is 10.8. The lowest BCUT2D eigenvalue weighted by atomic mass is 9.82. The molecule has 0 unspecified atom stereocenters. The zero-order chi connectivity index (χ0) is 16.0. The molecule has 0 bridgehead atoms. The van der Waals surface area contributed by atoms with Gasteiger partial charge in [0.25, 0.3) is 0 Å². The molecule has 0 aromatic heterocycles. The lowest BCUT2D eigenvalue weighted by Crippen LogP contribution is -2.54. The molecule has 0 radical (unpaired) electrons. The molecule has 1 aliphatic carbocycles. The summed E-state index contributed by atoms with van der Waals surface area (Å²) in [6.07, 6.45) is 4.77. The first-order valence-electron chi connectivity index (χ1n) is 7.96. The van der Waals surface area contributed by atoms with Crippen molar-refractivity contribution < 1.29 is 14.3 Å². The number of benzene rings is 1. The number of hydrogen-bond donors (Lipinski definition) is 2. The lowest BCUT2D eigenvalue weighted by Gasteiger charge is -2.31. The van der Waals surface area contributed by atoms with Crippen LogP contribution in [0.2, 0.25) is 0 Å². The van der Waals surface area contributed by atoms with Crippen molar-refractivity contribution in [3.8, 4) is 11.5 Å². The number of methoxy groups -OCH3 is 1. The number of nitrogens with one attached hydrogen (secondary N) is 1. The van der Waals surface area contributed by atoms with Gasteiger partial charge >= 0.3 is 0 Å². The highest BCUT2D eigenvalue weighted by atomic mass is 16.5. The summed E-state index contributed by atoms with van der Waals surface area (Å²) in [5.74, 6) is 1.33. The Kier molecular flexibility index (Phi) is 5.66. The lowest BCUT2D eigenvalue weighted by molar-refractivity contribution is -0.127. The maximum Gasteiger partial charge on any atom is 0.240 e. The third kappa shape index (κ3) is 3.91. The highest BCUT2D eigenvalue weighted by Crippen LogP contribution is 2.29. The quantitative estimate of drug-likeness (QED) is 0.846. The molecule has 2 rings (SSSR count). The van der Waals surface area contributed by atoms with E-state index < -0.39 is 5.54 Å². The molecular weight excluding hydrogens is 280 g/mol. The molecular formula is C17H26N2O3. The molecule has 5 nitrogen and oxygen atoms in total. The van der Waals surface area contributed by atoms with Gasteiger partial charge in [0.1, 0.15) is 0 Å². The standard InChI is InChI=1S/C17H26N2O3/c1-3-22-15-11-13(7-8-14(15)21-2)12-19-16(20)17(18)9-5-4-6-10-17/h7-8,11H,3-6,9-10,12,18H2,1-2H3,(H,19,20). The minimum atomic E-state index is -0.701. The van der Waals surface area contributed by atoms with E-state index in [1.165, 1.54) is 6.42 Å². The third-order valence-corrected chi connectivity index (χ3v) is 4.18. The monoisotopic (exact) mass is 306 g/mol. The number of amides is 1. The third-order valence-electron chi connectivity index (χ3n) is 4.18. The molecule has 1 aromatic carbocycles. The van der Waals surface area contributed by atoms with Crippen molar-refractivity contribution in [2.24, 2.45) is 5.73 Å². The van der Waals surface area contributed by atoms with Crippen molar-refractivity contribution >= 4 is 5.91 Å². The average Bonchev–Trinajstić information content (AvgIpc) is 2.54. The van der Waals surface area contributed by atoms with Gasteiger partial charge in [-0.1, -0.05) is 25.3 Å². The molecule has 1 fully saturated rings. The van der Waals surface area contributed by atoms with Crippen LogP contribution in [0.15, 0.2) is 18.2 Å². The van der Waals surface area contributed by atoms with Crippen LogP contribution in [0.5, 0.6) is 11.5 Å². The Hall–Kier alpha value is -1.75. The average molecular weight is 306 g/mol. The van der Waals surface area contributed by atoms with E-state index in [2.05, 4.69) is 5.32 Å². The van der Waals surface area contributed by atoms with Gasteiger partial charge in [-0.15, -0.1) is 0 Å². The molecule has 0 aliphatic heterocycles. The fourth-order valence-electron chi connectivity index (χ4n) is 2.87. The Morgan fingerprint density at radius 2 is 2.00 bits per heavy atom. The molecule has 122 valence electrons. The first kappa shape index (κ1) is 16.6. The zero-order valence-electron chi connectivity index (χ0n) is 13.5. The van der Waals surface area contributed by atoms with Crippen molar-refractivity contribution in [1.82, 2.24) is 5.32 Å². The van der Waals surface area contributed by atoms with E-state index >= 15 is 0 Å². The van der Waals surface area contributed by atoms with E-state index in [-0.39, 0.29) is 5.91 Å². The first-order chi connectivity index (χ1) is 10.6. The van der Waals surface area contributed by atoms with Crippen LogP contribution in [0.1, 0.15) is 44.6 Å². The van der Waals surface area contributed by atoms with Gasteiger partial charge in [-0.2, -0.15) is 0 Å². The van der Waals surface area contributed by atoms with Gasteiger partial charge in [0.15, 0.2) is 11.5 Å². The second-order valence-electron chi connectivity index (χ2n) is 5.82. The zero-order valence-corrected chi connectivity index (χ0v) is 13.5. The summed E-state index contributed by atoms with van der Waals surface area (Å²) >= 11 is 0. The molecule has 5 heteroatoms. The highest BCUT2D eigenvalue weighted by molar-refractivity contribution is 5.86. The van der Waals surface area contributed by atoms with Crippen molar-refractivity contribution in [3.05, 3.63) is 23.8 Å². The van der Waals surface area contributed by atoms with E-state index in [1.807, 2.05) is 25.1 Å². The van der Waals surface area contributed by atoms with E-state index in [4.69, 9.17) is 15.2 Å². The van der Waals surface area contributed by atoms with Crippen LogP contribution in [0.25, 0.3) is 0 Å². The number of nitrogens with two attached hydrogens (primary N) is 1. The van der Waals surface area contributed by atoms with Crippen LogP contribution in [-0.4, -0.2) is 25.2 Å². The van der Waals surface area contributed by atoms with Crippen LogP contribution in [0, 0.1) is 0 Å². The summed E-state index contributed by atoms with van der Waals surface area (Å²) in [5.41, 5.74) is 6.50. The highest BCUT2D eigenvalue weighted by Gasteiger charge is 2.34. The van der Waals surface area contributed by atoms with Crippen LogP contribution < -0.4 is 20.5 Å². The van der Waals surface area contributed by atoms with Crippen molar-refractivity contribution in [1.29, 1.82) is 0 Å². The van der Waals surface area contributed by atoms with E-state index in [0.717, 1.165) is 31.2 Å². The first-order valence-corrected chi connectivity index (χ1v) is 7.96. The number of carbonyl (C=O) groups excluding carboxylic acids is 1. The maximum atomic E-state index is 12.3. The summed E-state index contributed by atoms with van der Waals surface area (Å²) in [6.45, 7) is 2.94. The van der Waals surface area contributed by atoms with Gasteiger partial charge in [-0.25, -0.2) is 0 Å². The van der Waals surface area contributed by atoms with E-state index in [9.17, 15) is 4.79 Å². The Bertz CT molecular complexity index is 511. The van der Waals surface area contributed by atoms with Crippen LogP contribution >= 0.6 is 0 Å². The molecule has 1 aromatic rings.